The van der Waals surface area contributed by atoms with Gasteiger partial charge in [0, 0.05) is 26.8 Å². The monoisotopic (exact) mass is 340 g/mol. The van der Waals surface area contributed by atoms with Crippen LogP contribution in [-0.4, -0.2) is 52.7 Å². The van der Waals surface area contributed by atoms with Gasteiger partial charge in [0.2, 0.25) is 5.91 Å². The zero-order valence-electron chi connectivity index (χ0n) is 15.4. The quantitative estimate of drug-likeness (QED) is 0.840. The summed E-state index contributed by atoms with van der Waals surface area (Å²) in [5, 5.41) is 4.41. The summed E-state index contributed by atoms with van der Waals surface area (Å²) >= 11 is 0. The Morgan fingerprint density at radius 2 is 1.92 bits per heavy atom. The molecule has 1 saturated heterocycles. The third kappa shape index (κ3) is 3.93. The lowest BCUT2D eigenvalue weighted by atomic mass is 9.90. The normalized spacial score (nSPS) is 17.4. The summed E-state index contributed by atoms with van der Waals surface area (Å²) in [5.41, 5.74) is 2.41. The Balaban J connectivity index is 1.72. The predicted molar refractivity (Wildman–Crippen MR) is 99.3 cm³/mol. The highest BCUT2D eigenvalue weighted by Gasteiger charge is 2.32. The number of rotatable bonds is 5. The molecule has 0 spiro atoms. The first kappa shape index (κ1) is 17.7. The van der Waals surface area contributed by atoms with Gasteiger partial charge in [-0.2, -0.15) is 5.10 Å². The lowest BCUT2D eigenvalue weighted by Crippen LogP contribution is -2.43. The first-order valence-corrected chi connectivity index (χ1v) is 9.12. The fourth-order valence-electron chi connectivity index (χ4n) is 3.64. The van der Waals surface area contributed by atoms with Gasteiger partial charge in [-0.1, -0.05) is 30.3 Å². The van der Waals surface area contributed by atoms with Gasteiger partial charge in [-0.25, -0.2) is 0 Å². The van der Waals surface area contributed by atoms with E-state index in [4.69, 9.17) is 0 Å². The molecule has 3 rings (SSSR count). The fraction of sp³-hybridized carbons (Fsp3) is 0.500. The highest BCUT2D eigenvalue weighted by Crippen LogP contribution is 2.32. The number of hydrogen-bond donors (Lipinski definition) is 0. The van der Waals surface area contributed by atoms with Gasteiger partial charge in [0.1, 0.15) is 6.04 Å². The number of benzene rings is 1. The van der Waals surface area contributed by atoms with Crippen molar-refractivity contribution in [2.24, 2.45) is 0 Å². The average molecular weight is 340 g/mol. The number of aromatic nitrogens is 2. The molecule has 1 fully saturated rings. The lowest BCUT2D eigenvalue weighted by Gasteiger charge is -2.37. The van der Waals surface area contributed by atoms with E-state index in [1.807, 2.05) is 43.2 Å². The summed E-state index contributed by atoms with van der Waals surface area (Å²) in [6, 6.07) is 9.95. The number of piperidine rings is 1. The van der Waals surface area contributed by atoms with Crippen molar-refractivity contribution in [1.82, 2.24) is 19.6 Å². The van der Waals surface area contributed by atoms with Crippen LogP contribution in [0.4, 0.5) is 0 Å². The van der Waals surface area contributed by atoms with Crippen molar-refractivity contribution in [2.45, 2.75) is 38.3 Å². The zero-order chi connectivity index (χ0) is 17.8. The van der Waals surface area contributed by atoms with Crippen molar-refractivity contribution in [3.8, 4) is 0 Å². The molecular weight excluding hydrogens is 312 g/mol. The second kappa shape index (κ2) is 7.83. The third-order valence-corrected chi connectivity index (χ3v) is 5.13. The Morgan fingerprint density at radius 3 is 2.48 bits per heavy atom. The minimum Gasteiger partial charge on any atom is -0.347 e. The van der Waals surface area contributed by atoms with Crippen LogP contribution in [0.5, 0.6) is 0 Å². The minimum atomic E-state index is -0.185. The van der Waals surface area contributed by atoms with Crippen LogP contribution >= 0.6 is 0 Å². The van der Waals surface area contributed by atoms with E-state index < -0.39 is 0 Å². The number of likely N-dealkylation sites (tertiary alicyclic amines) is 1. The predicted octanol–water partition coefficient (Wildman–Crippen LogP) is 2.91. The van der Waals surface area contributed by atoms with Crippen molar-refractivity contribution >= 4 is 5.91 Å². The third-order valence-electron chi connectivity index (χ3n) is 5.13. The van der Waals surface area contributed by atoms with E-state index in [9.17, 15) is 4.79 Å². The maximum Gasteiger partial charge on any atom is 0.244 e. The summed E-state index contributed by atoms with van der Waals surface area (Å²) in [4.78, 5) is 16.8. The van der Waals surface area contributed by atoms with Gasteiger partial charge in [0.25, 0.3) is 0 Å². The number of hydrogen-bond acceptors (Lipinski definition) is 3. The van der Waals surface area contributed by atoms with Crippen LogP contribution in [0.1, 0.15) is 42.9 Å². The molecule has 0 bridgehead atoms. The molecule has 0 radical (unpaired) electrons. The summed E-state index contributed by atoms with van der Waals surface area (Å²) < 4.78 is 1.99. The van der Waals surface area contributed by atoms with Gasteiger partial charge in [-0.05, 0) is 49.9 Å². The Morgan fingerprint density at radius 1 is 1.24 bits per heavy atom. The lowest BCUT2D eigenvalue weighted by molar-refractivity contribution is -0.135. The van der Waals surface area contributed by atoms with Gasteiger partial charge >= 0.3 is 0 Å². The Bertz CT molecular complexity index is 687. The van der Waals surface area contributed by atoms with Crippen LogP contribution < -0.4 is 0 Å². The van der Waals surface area contributed by atoms with Crippen molar-refractivity contribution in [3.63, 3.8) is 0 Å². The summed E-state index contributed by atoms with van der Waals surface area (Å²) in [6.07, 6.45) is 6.31. The van der Waals surface area contributed by atoms with Crippen LogP contribution in [0.25, 0.3) is 0 Å². The molecule has 1 aliphatic rings. The number of carbonyl (C=O) groups excluding carboxylic acids is 1. The molecule has 0 unspecified atom stereocenters. The molecule has 134 valence electrons. The van der Waals surface area contributed by atoms with E-state index in [0.29, 0.717) is 5.92 Å². The summed E-state index contributed by atoms with van der Waals surface area (Å²) in [6.45, 7) is 4.88. The average Bonchev–Trinajstić information content (AvgIpc) is 3.12. The number of nitrogens with zero attached hydrogens (tertiary/aromatic N) is 4. The molecule has 5 nitrogen and oxygen atoms in total. The van der Waals surface area contributed by atoms with Crippen LogP contribution in [0.2, 0.25) is 0 Å². The first-order valence-electron chi connectivity index (χ1n) is 9.12. The number of amides is 1. The van der Waals surface area contributed by atoms with E-state index in [1.54, 1.807) is 4.90 Å². The molecule has 1 aromatic carbocycles. The molecule has 1 aromatic heterocycles. The highest BCUT2D eigenvalue weighted by molar-refractivity contribution is 5.82. The Kier molecular flexibility index (Phi) is 5.53. The Hall–Kier alpha value is -2.14. The van der Waals surface area contributed by atoms with Crippen molar-refractivity contribution in [2.75, 3.05) is 27.2 Å². The molecule has 1 atom stereocenters. The standard InChI is InChI=1S/C20H28N4O/c1-4-24-15-18(14-21-24)16-10-12-23(13-11-16)19(20(25)22(2)3)17-8-6-5-7-9-17/h5-9,14-16,19H,4,10-13H2,1-3H3/t19-/m1/s1. The molecule has 1 aliphatic heterocycles. The smallest absolute Gasteiger partial charge is 0.244 e. The molecule has 0 N–H and O–H groups in total. The molecular formula is C20H28N4O. The molecule has 0 aliphatic carbocycles. The zero-order valence-corrected chi connectivity index (χ0v) is 15.4. The highest BCUT2D eigenvalue weighted by atomic mass is 16.2. The van der Waals surface area contributed by atoms with Gasteiger partial charge in [-0.3, -0.25) is 14.4 Å². The molecule has 0 saturated carbocycles. The van der Waals surface area contributed by atoms with Gasteiger partial charge in [-0.15, -0.1) is 0 Å². The molecule has 1 amide bonds. The second-order valence-electron chi connectivity index (χ2n) is 6.99. The van der Waals surface area contributed by atoms with Gasteiger partial charge < -0.3 is 4.90 Å². The van der Waals surface area contributed by atoms with Crippen LogP contribution in [-0.2, 0) is 11.3 Å². The molecule has 2 heterocycles. The molecule has 5 heteroatoms. The van der Waals surface area contributed by atoms with E-state index in [0.717, 1.165) is 38.0 Å². The van der Waals surface area contributed by atoms with E-state index >= 15 is 0 Å². The van der Waals surface area contributed by atoms with E-state index in [1.165, 1.54) is 5.56 Å². The topological polar surface area (TPSA) is 41.4 Å². The SMILES string of the molecule is CCn1cc(C2CCN([C@@H](C(=O)N(C)C)c3ccccc3)CC2)cn1. The van der Waals surface area contributed by atoms with Gasteiger partial charge in [0.15, 0.2) is 0 Å². The van der Waals surface area contributed by atoms with Crippen molar-refractivity contribution < 1.29 is 4.79 Å². The summed E-state index contributed by atoms with van der Waals surface area (Å²) in [5.74, 6) is 0.700. The van der Waals surface area contributed by atoms with Crippen LogP contribution in [0, 0.1) is 0 Å². The minimum absolute atomic E-state index is 0.156. The van der Waals surface area contributed by atoms with E-state index in [2.05, 4.69) is 35.3 Å². The molecule has 2 aromatic rings. The van der Waals surface area contributed by atoms with Gasteiger partial charge in [0.05, 0.1) is 6.20 Å². The second-order valence-corrected chi connectivity index (χ2v) is 6.99. The van der Waals surface area contributed by atoms with Crippen molar-refractivity contribution in [3.05, 3.63) is 53.9 Å². The first-order chi connectivity index (χ1) is 12.1. The maximum atomic E-state index is 12.8. The maximum absolute atomic E-state index is 12.8. The Labute approximate surface area is 150 Å². The van der Waals surface area contributed by atoms with Crippen molar-refractivity contribution in [1.29, 1.82) is 0 Å². The fourth-order valence-corrected chi connectivity index (χ4v) is 3.64. The molecule has 25 heavy (non-hydrogen) atoms. The largest absolute Gasteiger partial charge is 0.347 e. The van der Waals surface area contributed by atoms with Crippen LogP contribution in [0.3, 0.4) is 0 Å². The van der Waals surface area contributed by atoms with Crippen LogP contribution in [0.15, 0.2) is 42.7 Å². The number of aryl methyl sites for hydroxylation is 1. The summed E-state index contributed by atoms with van der Waals surface area (Å²) in [7, 11) is 3.67. The number of carbonyl (C=O) groups is 1. The number of likely N-dealkylation sites (N-methyl/N-ethyl adjacent to an activating group) is 1. The van der Waals surface area contributed by atoms with E-state index in [-0.39, 0.29) is 11.9 Å².